The van der Waals surface area contributed by atoms with E-state index in [4.69, 9.17) is 16.9 Å². The number of benzene rings is 2. The molecule has 0 aliphatic carbocycles. The van der Waals surface area contributed by atoms with Gasteiger partial charge in [0.25, 0.3) is 5.69 Å². The van der Waals surface area contributed by atoms with Crippen molar-refractivity contribution in [1.82, 2.24) is 0 Å². The topological polar surface area (TPSA) is 113 Å². The van der Waals surface area contributed by atoms with Gasteiger partial charge in [0.05, 0.1) is 27.3 Å². The Morgan fingerprint density at radius 1 is 1.18 bits per heavy atom. The second-order valence-corrected chi connectivity index (χ2v) is 5.82. The molecule has 0 fully saturated rings. The second kappa shape index (κ2) is 8.06. The van der Waals surface area contributed by atoms with Gasteiger partial charge in [0.1, 0.15) is 0 Å². The molecule has 2 aromatic rings. The van der Waals surface area contributed by atoms with Crippen molar-refractivity contribution in [2.75, 3.05) is 5.32 Å². The number of nitro benzene ring substituents is 1. The van der Waals surface area contributed by atoms with E-state index in [2.05, 4.69) is 5.32 Å². The van der Waals surface area contributed by atoms with Crippen LogP contribution in [0.5, 0.6) is 0 Å². The number of hydrogen-bond acceptors (Lipinski definition) is 5. The number of alkyl halides is 3. The van der Waals surface area contributed by atoms with Crippen LogP contribution in [-0.2, 0) is 11.0 Å². The summed E-state index contributed by atoms with van der Waals surface area (Å²) in [5, 5.41) is 21.8. The number of nitro groups is 1. The molecule has 0 spiro atoms. The summed E-state index contributed by atoms with van der Waals surface area (Å²) >= 11 is 5.83. The standard InChI is InChI=1S/C17H9ClF3N3O4/c18-13-7-11(24(27)28)5-6-14(13)23-16(26)12(8-22)15(25)9-1-3-10(4-2-9)17(19,20)21/h1-7,12H,(H,23,26). The van der Waals surface area contributed by atoms with Gasteiger partial charge < -0.3 is 5.32 Å². The van der Waals surface area contributed by atoms with Crippen LogP contribution < -0.4 is 5.32 Å². The predicted octanol–water partition coefficient (Wildman–Crippen LogP) is 4.23. The molecule has 0 aliphatic rings. The number of halogens is 4. The van der Waals surface area contributed by atoms with Gasteiger partial charge in [-0.3, -0.25) is 19.7 Å². The molecular formula is C17H9ClF3N3O4. The lowest BCUT2D eigenvalue weighted by atomic mass is 9.97. The number of non-ortho nitro benzene ring substituents is 1. The molecule has 0 aromatic heterocycles. The highest BCUT2D eigenvalue weighted by Gasteiger charge is 2.32. The molecule has 1 amide bonds. The lowest BCUT2D eigenvalue weighted by Gasteiger charge is -2.12. The number of nitrogens with one attached hydrogen (secondary N) is 1. The van der Waals surface area contributed by atoms with Crippen molar-refractivity contribution in [2.45, 2.75) is 6.18 Å². The predicted molar refractivity (Wildman–Crippen MR) is 91.6 cm³/mol. The van der Waals surface area contributed by atoms with Gasteiger partial charge in [-0.2, -0.15) is 18.4 Å². The first-order chi connectivity index (χ1) is 13.0. The molecule has 7 nitrogen and oxygen atoms in total. The Labute approximate surface area is 160 Å². The van der Waals surface area contributed by atoms with Crippen molar-refractivity contribution < 1.29 is 27.7 Å². The first-order valence-corrected chi connectivity index (χ1v) is 7.78. The van der Waals surface area contributed by atoms with Crippen LogP contribution in [0.1, 0.15) is 15.9 Å². The van der Waals surface area contributed by atoms with Gasteiger partial charge in [0.15, 0.2) is 11.7 Å². The zero-order valence-corrected chi connectivity index (χ0v) is 14.4. The first kappa shape index (κ1) is 20.9. The summed E-state index contributed by atoms with van der Waals surface area (Å²) < 4.78 is 37.7. The van der Waals surface area contributed by atoms with Crippen molar-refractivity contribution in [3.63, 3.8) is 0 Å². The summed E-state index contributed by atoms with van der Waals surface area (Å²) in [5.74, 6) is -3.95. The van der Waals surface area contributed by atoms with Crippen LogP contribution in [-0.4, -0.2) is 16.6 Å². The number of anilines is 1. The molecule has 0 heterocycles. The molecule has 0 saturated heterocycles. The molecule has 0 bridgehead atoms. The van der Waals surface area contributed by atoms with E-state index in [1.165, 1.54) is 6.07 Å². The highest BCUT2D eigenvalue weighted by molar-refractivity contribution is 6.34. The van der Waals surface area contributed by atoms with Crippen molar-refractivity contribution in [2.24, 2.45) is 5.92 Å². The van der Waals surface area contributed by atoms with E-state index in [1.807, 2.05) is 0 Å². The van der Waals surface area contributed by atoms with Gasteiger partial charge in [-0.05, 0) is 18.2 Å². The number of nitriles is 1. The Balaban J connectivity index is 2.20. The number of carbonyl (C=O) groups is 2. The smallest absolute Gasteiger partial charge is 0.323 e. The van der Waals surface area contributed by atoms with Crippen molar-refractivity contribution in [3.05, 3.63) is 68.7 Å². The Bertz CT molecular complexity index is 985. The van der Waals surface area contributed by atoms with Crippen molar-refractivity contribution in [1.29, 1.82) is 5.26 Å². The SMILES string of the molecule is N#CC(C(=O)Nc1ccc([N+](=O)[O-])cc1Cl)C(=O)c1ccc(C(F)(F)F)cc1. The summed E-state index contributed by atoms with van der Waals surface area (Å²) in [6.45, 7) is 0. The quantitative estimate of drug-likeness (QED) is 0.342. The molecular weight excluding hydrogens is 403 g/mol. The molecule has 11 heteroatoms. The number of amides is 1. The van der Waals surface area contributed by atoms with Crippen LogP contribution in [0.4, 0.5) is 24.5 Å². The van der Waals surface area contributed by atoms with E-state index in [-0.39, 0.29) is 22.0 Å². The van der Waals surface area contributed by atoms with E-state index in [9.17, 15) is 32.9 Å². The average Bonchev–Trinajstić information content (AvgIpc) is 2.63. The Kier molecular flexibility index (Phi) is 6.00. The average molecular weight is 412 g/mol. The van der Waals surface area contributed by atoms with Crippen molar-refractivity contribution in [3.8, 4) is 6.07 Å². The minimum Gasteiger partial charge on any atom is -0.323 e. The van der Waals surface area contributed by atoms with Crippen LogP contribution in [0, 0.1) is 27.4 Å². The molecule has 0 aliphatic heterocycles. The molecule has 1 atom stereocenters. The number of ketones is 1. The van der Waals surface area contributed by atoms with E-state index in [1.54, 1.807) is 0 Å². The van der Waals surface area contributed by atoms with E-state index in [0.29, 0.717) is 12.1 Å². The van der Waals surface area contributed by atoms with Gasteiger partial charge >= 0.3 is 6.18 Å². The van der Waals surface area contributed by atoms with Crippen LogP contribution in [0.15, 0.2) is 42.5 Å². The third-order valence-electron chi connectivity index (χ3n) is 3.57. The molecule has 2 aromatic carbocycles. The van der Waals surface area contributed by atoms with E-state index >= 15 is 0 Å². The van der Waals surface area contributed by atoms with Crippen LogP contribution in [0.2, 0.25) is 5.02 Å². The van der Waals surface area contributed by atoms with Gasteiger partial charge in [0, 0.05) is 17.7 Å². The largest absolute Gasteiger partial charge is 0.416 e. The molecule has 2 rings (SSSR count). The fraction of sp³-hybridized carbons (Fsp3) is 0.118. The molecule has 144 valence electrons. The monoisotopic (exact) mass is 411 g/mol. The lowest BCUT2D eigenvalue weighted by molar-refractivity contribution is -0.384. The molecule has 0 radical (unpaired) electrons. The Morgan fingerprint density at radius 3 is 2.25 bits per heavy atom. The summed E-state index contributed by atoms with van der Waals surface area (Å²) in [7, 11) is 0. The molecule has 0 saturated carbocycles. The summed E-state index contributed by atoms with van der Waals surface area (Å²) in [6, 6.07) is 7.67. The van der Waals surface area contributed by atoms with Gasteiger partial charge in [-0.1, -0.05) is 23.7 Å². The molecule has 1 unspecified atom stereocenters. The second-order valence-electron chi connectivity index (χ2n) is 5.41. The Morgan fingerprint density at radius 2 is 1.79 bits per heavy atom. The first-order valence-electron chi connectivity index (χ1n) is 7.40. The third kappa shape index (κ3) is 4.63. The summed E-state index contributed by atoms with van der Waals surface area (Å²) in [5.41, 5.74) is -1.65. The summed E-state index contributed by atoms with van der Waals surface area (Å²) in [4.78, 5) is 34.5. The third-order valence-corrected chi connectivity index (χ3v) is 3.88. The molecule has 28 heavy (non-hydrogen) atoms. The number of hydrogen-bond donors (Lipinski definition) is 1. The fourth-order valence-corrected chi connectivity index (χ4v) is 2.37. The van der Waals surface area contributed by atoms with Gasteiger partial charge in [-0.25, -0.2) is 0 Å². The maximum Gasteiger partial charge on any atom is 0.416 e. The van der Waals surface area contributed by atoms with Crippen LogP contribution in [0.25, 0.3) is 0 Å². The number of nitrogens with zero attached hydrogens (tertiary/aromatic N) is 2. The van der Waals surface area contributed by atoms with Crippen LogP contribution >= 0.6 is 11.6 Å². The normalized spacial score (nSPS) is 12.0. The highest BCUT2D eigenvalue weighted by Crippen LogP contribution is 2.30. The van der Waals surface area contributed by atoms with Gasteiger partial charge in [0.2, 0.25) is 5.91 Å². The van der Waals surface area contributed by atoms with Crippen LogP contribution in [0.3, 0.4) is 0 Å². The maximum atomic E-state index is 12.6. The maximum absolute atomic E-state index is 12.6. The number of rotatable bonds is 5. The zero-order chi connectivity index (χ0) is 21.1. The number of Topliss-reactive ketones (excluding diaryl/α,β-unsaturated/α-hetero) is 1. The number of carbonyl (C=O) groups excluding carboxylic acids is 2. The lowest BCUT2D eigenvalue weighted by Crippen LogP contribution is -2.28. The highest BCUT2D eigenvalue weighted by atomic mass is 35.5. The Hall–Kier alpha value is -3.45. The van der Waals surface area contributed by atoms with Crippen molar-refractivity contribution >= 4 is 34.7 Å². The fourth-order valence-electron chi connectivity index (χ4n) is 2.15. The molecule has 1 N–H and O–H groups in total. The van der Waals surface area contributed by atoms with E-state index < -0.39 is 34.3 Å². The van der Waals surface area contributed by atoms with E-state index in [0.717, 1.165) is 30.3 Å². The summed E-state index contributed by atoms with van der Waals surface area (Å²) in [6.07, 6.45) is -4.60. The minimum absolute atomic E-state index is 0.0715. The van der Waals surface area contributed by atoms with Gasteiger partial charge in [-0.15, -0.1) is 0 Å². The minimum atomic E-state index is -4.60. The zero-order valence-electron chi connectivity index (χ0n) is 13.7.